The summed E-state index contributed by atoms with van der Waals surface area (Å²) < 4.78 is 1.96. The average Bonchev–Trinajstić information content (AvgIpc) is 2.63. The van der Waals surface area contributed by atoms with Gasteiger partial charge >= 0.3 is 0 Å². The SMILES string of the molecule is CCC(C)(N)C(=O)NCCCn1nc(C)cc1C. The number of nitrogens with two attached hydrogens (primary N) is 1. The van der Waals surface area contributed by atoms with Crippen LogP contribution < -0.4 is 11.1 Å². The highest BCUT2D eigenvalue weighted by Crippen LogP contribution is 2.05. The molecule has 0 aliphatic carbocycles. The van der Waals surface area contributed by atoms with E-state index in [1.54, 1.807) is 6.92 Å². The van der Waals surface area contributed by atoms with Crippen LogP contribution in [0.2, 0.25) is 0 Å². The monoisotopic (exact) mass is 252 g/mol. The van der Waals surface area contributed by atoms with E-state index < -0.39 is 5.54 Å². The van der Waals surface area contributed by atoms with E-state index in [2.05, 4.69) is 10.4 Å². The van der Waals surface area contributed by atoms with Crippen molar-refractivity contribution >= 4 is 5.91 Å². The fourth-order valence-corrected chi connectivity index (χ4v) is 1.69. The van der Waals surface area contributed by atoms with Crippen molar-refractivity contribution in [2.24, 2.45) is 5.73 Å². The van der Waals surface area contributed by atoms with Gasteiger partial charge in [-0.25, -0.2) is 0 Å². The number of aromatic nitrogens is 2. The number of rotatable bonds is 6. The van der Waals surface area contributed by atoms with Crippen molar-refractivity contribution in [1.82, 2.24) is 15.1 Å². The number of amides is 1. The first-order chi connectivity index (χ1) is 8.36. The molecule has 1 atom stereocenters. The molecule has 3 N–H and O–H groups in total. The average molecular weight is 252 g/mol. The summed E-state index contributed by atoms with van der Waals surface area (Å²) in [5, 5.41) is 7.24. The quantitative estimate of drug-likeness (QED) is 0.746. The van der Waals surface area contributed by atoms with Crippen LogP contribution in [-0.2, 0) is 11.3 Å². The fourth-order valence-electron chi connectivity index (χ4n) is 1.69. The maximum atomic E-state index is 11.7. The predicted octanol–water partition coefficient (Wildman–Crippen LogP) is 1.13. The summed E-state index contributed by atoms with van der Waals surface area (Å²) in [6.07, 6.45) is 1.49. The number of nitrogens with zero attached hydrogens (tertiary/aromatic N) is 2. The minimum atomic E-state index is -0.766. The van der Waals surface area contributed by atoms with Crippen molar-refractivity contribution in [3.63, 3.8) is 0 Å². The number of hydrogen-bond acceptors (Lipinski definition) is 3. The molecule has 1 aromatic rings. The molecule has 5 heteroatoms. The highest BCUT2D eigenvalue weighted by molar-refractivity contribution is 5.85. The van der Waals surface area contributed by atoms with Gasteiger partial charge in [0.2, 0.25) is 5.91 Å². The standard InChI is InChI=1S/C13H24N4O/c1-5-13(4,14)12(18)15-7-6-8-17-11(3)9-10(2)16-17/h9H,5-8,14H2,1-4H3,(H,15,18). The third-order valence-corrected chi connectivity index (χ3v) is 3.19. The zero-order valence-corrected chi connectivity index (χ0v) is 11.8. The van der Waals surface area contributed by atoms with Crippen LogP contribution in [0.4, 0.5) is 0 Å². The van der Waals surface area contributed by atoms with Gasteiger partial charge in [0, 0.05) is 18.8 Å². The molecular formula is C13H24N4O. The van der Waals surface area contributed by atoms with Gasteiger partial charge in [-0.15, -0.1) is 0 Å². The second-order valence-electron chi connectivity index (χ2n) is 5.03. The normalized spacial score (nSPS) is 14.3. The lowest BCUT2D eigenvalue weighted by molar-refractivity contribution is -0.125. The lowest BCUT2D eigenvalue weighted by Gasteiger charge is -2.21. The molecule has 1 unspecified atom stereocenters. The molecule has 1 amide bonds. The van der Waals surface area contributed by atoms with Crippen molar-refractivity contribution in [2.75, 3.05) is 6.54 Å². The van der Waals surface area contributed by atoms with Crippen molar-refractivity contribution in [3.8, 4) is 0 Å². The largest absolute Gasteiger partial charge is 0.354 e. The van der Waals surface area contributed by atoms with Gasteiger partial charge in [-0.1, -0.05) is 6.92 Å². The summed E-state index contributed by atoms with van der Waals surface area (Å²) in [5.41, 5.74) is 7.26. The van der Waals surface area contributed by atoms with E-state index in [1.165, 1.54) is 0 Å². The zero-order chi connectivity index (χ0) is 13.8. The Hall–Kier alpha value is -1.36. The second-order valence-corrected chi connectivity index (χ2v) is 5.03. The molecule has 0 aliphatic heterocycles. The Balaban J connectivity index is 2.31. The van der Waals surface area contributed by atoms with Crippen LogP contribution >= 0.6 is 0 Å². The molecule has 0 radical (unpaired) electrons. The van der Waals surface area contributed by atoms with Gasteiger partial charge in [0.25, 0.3) is 0 Å². The lowest BCUT2D eigenvalue weighted by atomic mass is 10.00. The Labute approximate surface area is 109 Å². The highest BCUT2D eigenvalue weighted by atomic mass is 16.2. The topological polar surface area (TPSA) is 72.9 Å². The van der Waals surface area contributed by atoms with Crippen LogP contribution in [0.1, 0.15) is 38.1 Å². The third-order valence-electron chi connectivity index (χ3n) is 3.19. The maximum Gasteiger partial charge on any atom is 0.239 e. The van der Waals surface area contributed by atoms with Gasteiger partial charge in [0.1, 0.15) is 0 Å². The van der Waals surface area contributed by atoms with Gasteiger partial charge in [-0.3, -0.25) is 9.48 Å². The zero-order valence-electron chi connectivity index (χ0n) is 11.8. The first-order valence-electron chi connectivity index (χ1n) is 6.45. The molecule has 0 aliphatic rings. The molecule has 0 aromatic carbocycles. The highest BCUT2D eigenvalue weighted by Gasteiger charge is 2.25. The smallest absolute Gasteiger partial charge is 0.239 e. The summed E-state index contributed by atoms with van der Waals surface area (Å²) in [6.45, 7) is 9.12. The first kappa shape index (κ1) is 14.7. The molecule has 0 fully saturated rings. The fraction of sp³-hybridized carbons (Fsp3) is 0.692. The van der Waals surface area contributed by atoms with Gasteiger partial charge in [-0.05, 0) is 39.7 Å². The van der Waals surface area contributed by atoms with Crippen LogP contribution in [0.3, 0.4) is 0 Å². The van der Waals surface area contributed by atoms with Crippen LogP contribution in [0.5, 0.6) is 0 Å². The van der Waals surface area contributed by atoms with Gasteiger partial charge in [0.15, 0.2) is 0 Å². The van der Waals surface area contributed by atoms with Crippen molar-refractivity contribution < 1.29 is 4.79 Å². The Morgan fingerprint density at radius 2 is 2.22 bits per heavy atom. The van der Waals surface area contributed by atoms with Crippen molar-refractivity contribution in [2.45, 2.75) is 52.6 Å². The van der Waals surface area contributed by atoms with E-state index >= 15 is 0 Å². The molecule has 0 saturated carbocycles. The number of aryl methyl sites for hydroxylation is 3. The Morgan fingerprint density at radius 3 is 2.72 bits per heavy atom. The Morgan fingerprint density at radius 1 is 1.56 bits per heavy atom. The summed E-state index contributed by atoms with van der Waals surface area (Å²) in [6, 6.07) is 2.05. The van der Waals surface area contributed by atoms with E-state index in [1.807, 2.05) is 31.5 Å². The number of hydrogen-bond donors (Lipinski definition) is 2. The summed E-state index contributed by atoms with van der Waals surface area (Å²) >= 11 is 0. The van der Waals surface area contributed by atoms with E-state index in [0.29, 0.717) is 13.0 Å². The van der Waals surface area contributed by atoms with Crippen LogP contribution in [0.15, 0.2) is 6.07 Å². The van der Waals surface area contributed by atoms with E-state index in [0.717, 1.165) is 24.4 Å². The van der Waals surface area contributed by atoms with E-state index in [4.69, 9.17) is 5.73 Å². The minimum absolute atomic E-state index is 0.0848. The molecule has 0 bridgehead atoms. The molecule has 5 nitrogen and oxygen atoms in total. The molecular weight excluding hydrogens is 228 g/mol. The molecule has 1 heterocycles. The van der Waals surface area contributed by atoms with Crippen molar-refractivity contribution in [3.05, 3.63) is 17.5 Å². The summed E-state index contributed by atoms with van der Waals surface area (Å²) in [7, 11) is 0. The lowest BCUT2D eigenvalue weighted by Crippen LogP contribution is -2.51. The van der Waals surface area contributed by atoms with E-state index in [-0.39, 0.29) is 5.91 Å². The molecule has 18 heavy (non-hydrogen) atoms. The maximum absolute atomic E-state index is 11.7. The first-order valence-corrected chi connectivity index (χ1v) is 6.45. The minimum Gasteiger partial charge on any atom is -0.354 e. The van der Waals surface area contributed by atoms with Crippen LogP contribution in [-0.4, -0.2) is 27.8 Å². The Bertz CT molecular complexity index is 409. The third kappa shape index (κ3) is 3.84. The van der Waals surface area contributed by atoms with Crippen LogP contribution in [0.25, 0.3) is 0 Å². The molecule has 0 spiro atoms. The molecule has 102 valence electrons. The van der Waals surface area contributed by atoms with Crippen molar-refractivity contribution in [1.29, 1.82) is 0 Å². The van der Waals surface area contributed by atoms with Crippen LogP contribution in [0, 0.1) is 13.8 Å². The Kier molecular flexibility index (Phi) is 4.90. The number of nitrogens with one attached hydrogen (secondary N) is 1. The molecule has 0 saturated heterocycles. The van der Waals surface area contributed by atoms with E-state index in [9.17, 15) is 4.79 Å². The number of carbonyl (C=O) groups excluding carboxylic acids is 1. The number of carbonyl (C=O) groups is 1. The summed E-state index contributed by atoms with van der Waals surface area (Å²) in [4.78, 5) is 11.7. The molecule has 1 rings (SSSR count). The molecule has 1 aromatic heterocycles. The second kappa shape index (κ2) is 6.00. The predicted molar refractivity (Wildman–Crippen MR) is 72.2 cm³/mol. The van der Waals surface area contributed by atoms with Gasteiger partial charge in [-0.2, -0.15) is 5.10 Å². The van der Waals surface area contributed by atoms with Gasteiger partial charge in [0.05, 0.1) is 11.2 Å². The summed E-state index contributed by atoms with van der Waals surface area (Å²) in [5.74, 6) is -0.0848. The van der Waals surface area contributed by atoms with Gasteiger partial charge < -0.3 is 11.1 Å².